The standard InChI is InChI=1S/C45H46O9/c1-20-14-29-35-31(15-20)43(54-45-42(51)33(48)17-26(19-46)53-45)22(3)34-23(4)44-38-27(12-13-52-44)28(40(49)25-10-11-32(47)21(2)16-25)18-30(37(38)39(34)35)36(29)41(50)24-8-6-5-7-9-24/h6,8,12-15,17-18,21,24-25,32-33,37,42,45-48,51H,5,7,9-11,16,19H2,1-4H3. The van der Waals surface area contributed by atoms with E-state index >= 15 is 4.79 Å². The van der Waals surface area contributed by atoms with Crippen LogP contribution in [-0.2, 0) is 19.1 Å². The van der Waals surface area contributed by atoms with Crippen molar-refractivity contribution in [1.82, 2.24) is 0 Å². The van der Waals surface area contributed by atoms with Gasteiger partial charge in [-0.05, 0) is 139 Å². The van der Waals surface area contributed by atoms with Crippen LogP contribution < -0.4 is 15.2 Å². The maximum atomic E-state index is 15.1. The van der Waals surface area contributed by atoms with Crippen molar-refractivity contribution in [2.75, 3.05) is 6.61 Å². The molecule has 2 heterocycles. The average Bonchev–Trinajstić information content (AvgIpc) is 3.17. The van der Waals surface area contributed by atoms with Crippen LogP contribution in [0.1, 0.15) is 75.0 Å². The van der Waals surface area contributed by atoms with Crippen molar-refractivity contribution in [3.63, 3.8) is 0 Å². The molecule has 0 bridgehead atoms. The third-order valence-electron chi connectivity index (χ3n) is 12.7. The van der Waals surface area contributed by atoms with Crippen LogP contribution in [0.2, 0.25) is 0 Å². The van der Waals surface area contributed by atoms with Crippen LogP contribution in [-0.4, -0.2) is 63.2 Å². The molecular weight excluding hydrogens is 684 g/mol. The molecule has 5 aliphatic carbocycles. The molecule has 0 spiro atoms. The maximum Gasteiger partial charge on any atom is 0.269 e. The maximum absolute atomic E-state index is 15.1. The van der Waals surface area contributed by atoms with Gasteiger partial charge in [0.05, 0.1) is 12.4 Å². The normalized spacial score (nSPS) is 30.9. The van der Waals surface area contributed by atoms with Gasteiger partial charge in [0.1, 0.15) is 30.0 Å². The number of rotatable bonds is 7. The summed E-state index contributed by atoms with van der Waals surface area (Å²) in [7, 11) is 0. The predicted molar refractivity (Wildman–Crippen MR) is 202 cm³/mol. The third-order valence-corrected chi connectivity index (χ3v) is 12.7. The SMILES string of the molecule is CC1=c2c(C)c(OC3OC(CO)=CC(O)C3O)c3cc(C)cc4c3c2C2C(=CC(C(=O)C3CCC(O)C(C)C3)=C3C=COC1=C32)C=4C(=O)C1C=CCCC1. The first-order valence-corrected chi connectivity index (χ1v) is 19.3. The van der Waals surface area contributed by atoms with Crippen LogP contribution in [0.15, 0.2) is 82.6 Å². The zero-order valence-corrected chi connectivity index (χ0v) is 31.0. The van der Waals surface area contributed by atoms with Gasteiger partial charge >= 0.3 is 0 Å². The average molecular weight is 731 g/mol. The van der Waals surface area contributed by atoms with Gasteiger partial charge in [-0.25, -0.2) is 0 Å². The highest BCUT2D eigenvalue weighted by atomic mass is 16.7. The number of Topliss-reactive ketones (excluding diaryl/α,β-unsaturated/α-hetero) is 2. The summed E-state index contributed by atoms with van der Waals surface area (Å²) < 4.78 is 18.8. The van der Waals surface area contributed by atoms with E-state index in [4.69, 9.17) is 14.2 Å². The summed E-state index contributed by atoms with van der Waals surface area (Å²) in [6.45, 7) is 7.46. The van der Waals surface area contributed by atoms with E-state index in [9.17, 15) is 25.2 Å². The summed E-state index contributed by atoms with van der Waals surface area (Å²) in [6.07, 6.45) is 10.8. The van der Waals surface area contributed by atoms with Crippen molar-refractivity contribution in [3.8, 4) is 5.75 Å². The molecule has 0 saturated heterocycles. The minimum Gasteiger partial charge on any atom is -0.464 e. The minimum absolute atomic E-state index is 0.00747. The molecule has 2 aromatic rings. The first-order chi connectivity index (χ1) is 26.0. The Morgan fingerprint density at radius 2 is 1.85 bits per heavy atom. The predicted octanol–water partition coefficient (Wildman–Crippen LogP) is 4.55. The molecule has 2 aromatic carbocycles. The number of ketones is 2. The highest BCUT2D eigenvalue weighted by molar-refractivity contribution is 6.26. The molecule has 280 valence electrons. The Labute approximate surface area is 313 Å². The second-order valence-electron chi connectivity index (χ2n) is 16.1. The lowest BCUT2D eigenvalue weighted by Crippen LogP contribution is -2.46. The summed E-state index contributed by atoms with van der Waals surface area (Å²) in [5.41, 5.74) is 7.19. The van der Waals surface area contributed by atoms with Gasteiger partial charge in [0, 0.05) is 39.9 Å². The van der Waals surface area contributed by atoms with E-state index in [-0.39, 0.29) is 35.1 Å². The van der Waals surface area contributed by atoms with Crippen LogP contribution in [0.4, 0.5) is 0 Å². The molecule has 0 radical (unpaired) electrons. The largest absolute Gasteiger partial charge is 0.464 e. The number of carbonyl (C=O) groups is 2. The number of carbonyl (C=O) groups excluding carboxylic acids is 2. The topological polar surface area (TPSA) is 143 Å². The van der Waals surface area contributed by atoms with E-state index in [1.807, 2.05) is 52.0 Å². The Morgan fingerprint density at radius 1 is 1.04 bits per heavy atom. The van der Waals surface area contributed by atoms with E-state index in [1.165, 1.54) is 6.08 Å². The first kappa shape index (κ1) is 35.2. The molecule has 9 heteroatoms. The van der Waals surface area contributed by atoms with Crippen LogP contribution in [0.5, 0.6) is 5.75 Å². The zero-order chi connectivity index (χ0) is 37.7. The molecule has 8 unspecified atom stereocenters. The van der Waals surface area contributed by atoms with Gasteiger partial charge < -0.3 is 34.6 Å². The van der Waals surface area contributed by atoms with Crippen LogP contribution in [0.3, 0.4) is 0 Å². The van der Waals surface area contributed by atoms with Crippen LogP contribution in [0.25, 0.3) is 21.9 Å². The van der Waals surface area contributed by atoms with Crippen molar-refractivity contribution in [2.24, 2.45) is 17.8 Å². The number of aliphatic hydroxyl groups is 4. The molecule has 4 N–H and O–H groups in total. The van der Waals surface area contributed by atoms with Gasteiger partial charge in [0.2, 0.25) is 0 Å². The number of ether oxygens (including phenoxy) is 3. The molecule has 0 amide bonds. The van der Waals surface area contributed by atoms with Gasteiger partial charge in [0.25, 0.3) is 6.29 Å². The fourth-order valence-corrected chi connectivity index (χ4v) is 10.1. The summed E-state index contributed by atoms with van der Waals surface area (Å²) >= 11 is 0. The number of aliphatic hydroxyl groups excluding tert-OH is 4. The van der Waals surface area contributed by atoms with Crippen molar-refractivity contribution in [3.05, 3.63) is 110 Å². The van der Waals surface area contributed by atoms with Crippen molar-refractivity contribution in [2.45, 2.75) is 96.7 Å². The smallest absolute Gasteiger partial charge is 0.269 e. The molecule has 9 rings (SSSR count). The lowest BCUT2D eigenvalue weighted by atomic mass is 9.62. The number of aryl methyl sites for hydroxylation is 1. The lowest BCUT2D eigenvalue weighted by molar-refractivity contribution is -0.163. The summed E-state index contributed by atoms with van der Waals surface area (Å²) in [5.74, 6) is 0.254. The van der Waals surface area contributed by atoms with E-state index in [0.29, 0.717) is 41.9 Å². The Balaban J connectivity index is 1.36. The molecule has 1 saturated carbocycles. The van der Waals surface area contributed by atoms with Crippen LogP contribution >= 0.6 is 0 Å². The molecule has 1 fully saturated rings. The first-order valence-electron chi connectivity index (χ1n) is 19.3. The zero-order valence-electron chi connectivity index (χ0n) is 31.0. The summed E-state index contributed by atoms with van der Waals surface area (Å²) in [6, 6.07) is 4.08. The summed E-state index contributed by atoms with van der Waals surface area (Å²) in [4.78, 5) is 29.8. The van der Waals surface area contributed by atoms with E-state index in [0.717, 1.165) is 79.5 Å². The van der Waals surface area contributed by atoms with Crippen molar-refractivity contribution >= 4 is 33.5 Å². The van der Waals surface area contributed by atoms with Crippen LogP contribution in [0, 0.1) is 31.6 Å². The Morgan fingerprint density at radius 3 is 2.59 bits per heavy atom. The molecular formula is C45H46O9. The van der Waals surface area contributed by atoms with Gasteiger partial charge in [-0.1, -0.05) is 25.1 Å². The second-order valence-corrected chi connectivity index (χ2v) is 16.1. The third kappa shape index (κ3) is 5.19. The van der Waals surface area contributed by atoms with Gasteiger partial charge in [-0.3, -0.25) is 9.59 Å². The molecule has 7 aliphatic rings. The number of hydrogen-bond donors (Lipinski definition) is 4. The van der Waals surface area contributed by atoms with Crippen molar-refractivity contribution in [1.29, 1.82) is 0 Å². The molecule has 54 heavy (non-hydrogen) atoms. The molecule has 0 aromatic heterocycles. The second kappa shape index (κ2) is 13.0. The highest BCUT2D eigenvalue weighted by Crippen LogP contribution is 2.55. The minimum atomic E-state index is -1.43. The lowest BCUT2D eigenvalue weighted by Gasteiger charge is -2.41. The van der Waals surface area contributed by atoms with E-state index in [1.54, 1.807) is 6.26 Å². The Kier molecular flexibility index (Phi) is 8.50. The molecule has 8 atom stereocenters. The van der Waals surface area contributed by atoms with Gasteiger partial charge in [0.15, 0.2) is 17.7 Å². The van der Waals surface area contributed by atoms with E-state index in [2.05, 4.69) is 12.1 Å². The quantitative estimate of drug-likeness (QED) is 0.302. The van der Waals surface area contributed by atoms with Crippen molar-refractivity contribution < 1.29 is 44.2 Å². The summed E-state index contributed by atoms with van der Waals surface area (Å²) in [5, 5.41) is 45.3. The number of hydrogen-bond acceptors (Lipinski definition) is 9. The fraction of sp³-hybridized carbons (Fsp3) is 0.422. The Bertz CT molecular complexity index is 2370. The van der Waals surface area contributed by atoms with Gasteiger partial charge in [-0.15, -0.1) is 0 Å². The molecule has 9 nitrogen and oxygen atoms in total. The Hall–Kier alpha value is -4.54. The number of benzene rings is 2. The highest BCUT2D eigenvalue weighted by Gasteiger charge is 2.46. The monoisotopic (exact) mass is 730 g/mol. The van der Waals surface area contributed by atoms with Gasteiger partial charge in [-0.2, -0.15) is 0 Å². The fourth-order valence-electron chi connectivity index (χ4n) is 10.1. The molecule has 2 aliphatic heterocycles. The van der Waals surface area contributed by atoms with E-state index < -0.39 is 37.1 Å². The number of allylic oxidation sites excluding steroid dienone is 9.